The molecule has 1 N–H and O–H groups in total. The van der Waals surface area contributed by atoms with Crippen LogP contribution in [0.3, 0.4) is 0 Å². The quantitative estimate of drug-likeness (QED) is 0.780. The topological polar surface area (TPSA) is 88.9 Å². The monoisotopic (exact) mass is 344 g/mol. The van der Waals surface area contributed by atoms with Gasteiger partial charge in [0, 0.05) is 18.8 Å². The number of carbonyl (C=O) groups is 3. The Morgan fingerprint density at radius 2 is 1.76 bits per heavy atom. The zero-order valence-electron chi connectivity index (χ0n) is 14.2. The molecule has 1 heterocycles. The summed E-state index contributed by atoms with van der Waals surface area (Å²) in [5.74, 6) is -1.02. The standard InChI is InChI=1S/C18H20N2O5/c1-3-20(4-2)16(21)12-25-18(23)13-7-9-14(10-8-13)19-17(22)15-6-5-11-24-15/h5-11H,3-4,12H2,1-2H3,(H,19,22). The Bertz CT molecular complexity index is 718. The zero-order chi connectivity index (χ0) is 18.2. The first kappa shape index (κ1) is 18.3. The minimum absolute atomic E-state index is 0.193. The molecule has 0 aliphatic rings. The normalized spacial score (nSPS) is 10.2. The van der Waals surface area contributed by atoms with Crippen molar-refractivity contribution in [2.45, 2.75) is 13.8 Å². The van der Waals surface area contributed by atoms with Crippen LogP contribution in [0.2, 0.25) is 0 Å². The molecule has 0 aliphatic heterocycles. The molecule has 0 fully saturated rings. The van der Waals surface area contributed by atoms with E-state index in [1.165, 1.54) is 18.4 Å². The van der Waals surface area contributed by atoms with Crippen LogP contribution < -0.4 is 5.32 Å². The molecule has 0 bridgehead atoms. The molecule has 1 aromatic heterocycles. The number of nitrogens with zero attached hydrogens (tertiary/aromatic N) is 1. The maximum absolute atomic E-state index is 12.0. The van der Waals surface area contributed by atoms with Gasteiger partial charge in [-0.3, -0.25) is 9.59 Å². The molecular weight excluding hydrogens is 324 g/mol. The predicted octanol–water partition coefficient (Wildman–Crippen LogP) is 2.56. The molecule has 0 radical (unpaired) electrons. The Balaban J connectivity index is 1.89. The summed E-state index contributed by atoms with van der Waals surface area (Å²) in [6.07, 6.45) is 1.41. The summed E-state index contributed by atoms with van der Waals surface area (Å²) in [6.45, 7) is 4.56. The van der Waals surface area contributed by atoms with Gasteiger partial charge in [0.1, 0.15) is 0 Å². The molecule has 7 nitrogen and oxygen atoms in total. The molecule has 0 atom stereocenters. The Kier molecular flexibility index (Phi) is 6.33. The highest BCUT2D eigenvalue weighted by Gasteiger charge is 2.14. The maximum atomic E-state index is 12.0. The van der Waals surface area contributed by atoms with Crippen molar-refractivity contribution in [1.29, 1.82) is 0 Å². The van der Waals surface area contributed by atoms with Gasteiger partial charge >= 0.3 is 5.97 Å². The van der Waals surface area contributed by atoms with Gasteiger partial charge in [0.2, 0.25) is 0 Å². The molecule has 0 unspecified atom stereocenters. The first-order valence-electron chi connectivity index (χ1n) is 7.95. The molecule has 0 aliphatic carbocycles. The number of ether oxygens (including phenoxy) is 1. The van der Waals surface area contributed by atoms with Gasteiger partial charge in [0.15, 0.2) is 12.4 Å². The van der Waals surface area contributed by atoms with Crippen molar-refractivity contribution in [2.75, 3.05) is 25.0 Å². The number of benzene rings is 1. The van der Waals surface area contributed by atoms with E-state index in [1.54, 1.807) is 29.2 Å². The SMILES string of the molecule is CCN(CC)C(=O)COC(=O)c1ccc(NC(=O)c2ccco2)cc1. The molecule has 25 heavy (non-hydrogen) atoms. The Morgan fingerprint density at radius 3 is 2.32 bits per heavy atom. The summed E-state index contributed by atoms with van der Waals surface area (Å²) in [7, 11) is 0. The number of anilines is 1. The molecule has 2 aromatic rings. The van der Waals surface area contributed by atoms with Crippen LogP contribution in [-0.2, 0) is 9.53 Å². The number of nitrogens with one attached hydrogen (secondary N) is 1. The number of furan rings is 1. The van der Waals surface area contributed by atoms with E-state index in [4.69, 9.17) is 9.15 Å². The van der Waals surface area contributed by atoms with Gasteiger partial charge in [-0.1, -0.05) is 0 Å². The average Bonchev–Trinajstić information content (AvgIpc) is 3.16. The van der Waals surface area contributed by atoms with Crippen molar-refractivity contribution in [3.8, 4) is 0 Å². The van der Waals surface area contributed by atoms with Crippen molar-refractivity contribution in [2.24, 2.45) is 0 Å². The maximum Gasteiger partial charge on any atom is 0.338 e. The third-order valence-electron chi connectivity index (χ3n) is 3.57. The summed E-state index contributed by atoms with van der Waals surface area (Å²) < 4.78 is 10.0. The number of hydrogen-bond donors (Lipinski definition) is 1. The van der Waals surface area contributed by atoms with Crippen LogP contribution in [0.15, 0.2) is 47.1 Å². The number of esters is 1. The second kappa shape index (κ2) is 8.68. The molecule has 1 aromatic carbocycles. The Hall–Kier alpha value is -3.09. The van der Waals surface area contributed by atoms with Crippen LogP contribution in [0.25, 0.3) is 0 Å². The van der Waals surface area contributed by atoms with Crippen LogP contribution >= 0.6 is 0 Å². The van der Waals surface area contributed by atoms with E-state index in [9.17, 15) is 14.4 Å². The number of rotatable bonds is 7. The lowest BCUT2D eigenvalue weighted by Crippen LogP contribution is -2.34. The minimum Gasteiger partial charge on any atom is -0.459 e. The van der Waals surface area contributed by atoms with Gasteiger partial charge in [-0.15, -0.1) is 0 Å². The highest BCUT2D eigenvalue weighted by molar-refractivity contribution is 6.02. The van der Waals surface area contributed by atoms with Gasteiger partial charge in [-0.25, -0.2) is 4.79 Å². The third kappa shape index (κ3) is 4.94. The average molecular weight is 344 g/mol. The molecule has 2 rings (SSSR count). The fourth-order valence-electron chi connectivity index (χ4n) is 2.17. The van der Waals surface area contributed by atoms with E-state index in [0.717, 1.165) is 0 Å². The fraction of sp³-hybridized carbons (Fsp3) is 0.278. The van der Waals surface area contributed by atoms with Crippen LogP contribution in [0.4, 0.5) is 5.69 Å². The summed E-state index contributed by atoms with van der Waals surface area (Å²) in [6, 6.07) is 9.35. The van der Waals surface area contributed by atoms with E-state index in [2.05, 4.69) is 5.32 Å². The summed E-state index contributed by atoms with van der Waals surface area (Å²) in [5, 5.41) is 2.65. The van der Waals surface area contributed by atoms with Crippen LogP contribution in [-0.4, -0.2) is 42.4 Å². The first-order chi connectivity index (χ1) is 12.0. The molecule has 0 saturated heterocycles. The molecule has 132 valence electrons. The largest absolute Gasteiger partial charge is 0.459 e. The van der Waals surface area contributed by atoms with Crippen LogP contribution in [0.5, 0.6) is 0 Å². The van der Waals surface area contributed by atoms with Gasteiger partial charge in [0.05, 0.1) is 11.8 Å². The Morgan fingerprint density at radius 1 is 1.08 bits per heavy atom. The van der Waals surface area contributed by atoms with Crippen molar-refractivity contribution < 1.29 is 23.5 Å². The van der Waals surface area contributed by atoms with E-state index in [-0.39, 0.29) is 24.2 Å². The van der Waals surface area contributed by atoms with Crippen LogP contribution in [0, 0.1) is 0 Å². The van der Waals surface area contributed by atoms with Gasteiger partial charge in [0.25, 0.3) is 11.8 Å². The predicted molar refractivity (Wildman–Crippen MR) is 91.3 cm³/mol. The third-order valence-corrected chi connectivity index (χ3v) is 3.57. The van der Waals surface area contributed by atoms with E-state index in [0.29, 0.717) is 24.3 Å². The lowest BCUT2D eigenvalue weighted by molar-refractivity contribution is -0.134. The smallest absolute Gasteiger partial charge is 0.338 e. The highest BCUT2D eigenvalue weighted by Crippen LogP contribution is 2.12. The van der Waals surface area contributed by atoms with Crippen molar-refractivity contribution in [1.82, 2.24) is 4.90 Å². The molecular formula is C18H20N2O5. The fourth-order valence-corrected chi connectivity index (χ4v) is 2.17. The van der Waals surface area contributed by atoms with Crippen molar-refractivity contribution in [3.63, 3.8) is 0 Å². The summed E-state index contributed by atoms with van der Waals surface area (Å²) >= 11 is 0. The molecule has 2 amide bonds. The highest BCUT2D eigenvalue weighted by atomic mass is 16.5. The number of likely N-dealkylation sites (N-methyl/N-ethyl adjacent to an activating group) is 1. The van der Waals surface area contributed by atoms with Crippen LogP contribution in [0.1, 0.15) is 34.8 Å². The van der Waals surface area contributed by atoms with Gasteiger partial charge < -0.3 is 19.4 Å². The lowest BCUT2D eigenvalue weighted by Gasteiger charge is -2.18. The van der Waals surface area contributed by atoms with Gasteiger partial charge in [-0.05, 0) is 50.2 Å². The summed E-state index contributed by atoms with van der Waals surface area (Å²) in [5.41, 5.74) is 0.806. The van der Waals surface area contributed by atoms with Gasteiger partial charge in [-0.2, -0.15) is 0 Å². The second-order valence-corrected chi connectivity index (χ2v) is 5.15. The Labute approximate surface area is 145 Å². The van der Waals surface area contributed by atoms with Crippen molar-refractivity contribution in [3.05, 3.63) is 54.0 Å². The number of amides is 2. The molecule has 0 spiro atoms. The minimum atomic E-state index is -0.593. The second-order valence-electron chi connectivity index (χ2n) is 5.15. The lowest BCUT2D eigenvalue weighted by atomic mass is 10.2. The van der Waals surface area contributed by atoms with E-state index < -0.39 is 5.97 Å². The number of carbonyl (C=O) groups excluding carboxylic acids is 3. The van der Waals surface area contributed by atoms with E-state index >= 15 is 0 Å². The van der Waals surface area contributed by atoms with Crippen molar-refractivity contribution >= 4 is 23.5 Å². The zero-order valence-corrected chi connectivity index (χ0v) is 14.2. The summed E-state index contributed by atoms with van der Waals surface area (Å²) in [4.78, 5) is 37.2. The van der Waals surface area contributed by atoms with E-state index in [1.807, 2.05) is 13.8 Å². The molecule has 0 saturated carbocycles. The molecule has 7 heteroatoms. The number of hydrogen-bond acceptors (Lipinski definition) is 5. The first-order valence-corrected chi connectivity index (χ1v) is 7.95.